The van der Waals surface area contributed by atoms with Gasteiger partial charge >= 0.3 is 0 Å². The number of hydrogen-bond acceptors (Lipinski definition) is 3. The van der Waals surface area contributed by atoms with E-state index in [9.17, 15) is 9.90 Å². The molecular formula is C12H13N3O2. The molecule has 0 bridgehead atoms. The number of aromatic nitrogens is 2. The summed E-state index contributed by atoms with van der Waals surface area (Å²) in [7, 11) is 0. The summed E-state index contributed by atoms with van der Waals surface area (Å²) in [5.74, 6) is -0.0551. The first kappa shape index (κ1) is 11.2. The zero-order valence-electron chi connectivity index (χ0n) is 9.42. The van der Waals surface area contributed by atoms with Crippen molar-refractivity contribution in [2.24, 2.45) is 0 Å². The van der Waals surface area contributed by atoms with Crippen LogP contribution in [0.1, 0.15) is 5.69 Å². The van der Waals surface area contributed by atoms with Gasteiger partial charge in [-0.05, 0) is 25.1 Å². The van der Waals surface area contributed by atoms with Gasteiger partial charge in [-0.25, -0.2) is 0 Å². The summed E-state index contributed by atoms with van der Waals surface area (Å²) in [6.07, 6.45) is 1.65. The first-order valence-electron chi connectivity index (χ1n) is 5.22. The molecule has 17 heavy (non-hydrogen) atoms. The molecule has 2 rings (SSSR count). The predicted molar refractivity (Wildman–Crippen MR) is 63.7 cm³/mol. The molecule has 0 saturated carbocycles. The highest BCUT2D eigenvalue weighted by atomic mass is 16.3. The fourth-order valence-corrected chi connectivity index (χ4v) is 1.48. The number of carbonyl (C=O) groups is 1. The highest BCUT2D eigenvalue weighted by Crippen LogP contribution is 2.15. The zero-order valence-corrected chi connectivity index (χ0v) is 9.42. The Morgan fingerprint density at radius 3 is 2.94 bits per heavy atom. The normalized spacial score (nSPS) is 10.2. The van der Waals surface area contributed by atoms with Gasteiger partial charge in [0, 0.05) is 23.6 Å². The van der Waals surface area contributed by atoms with Gasteiger partial charge in [0.15, 0.2) is 0 Å². The maximum Gasteiger partial charge on any atom is 0.246 e. The monoisotopic (exact) mass is 231 g/mol. The summed E-state index contributed by atoms with van der Waals surface area (Å²) in [6, 6.07) is 8.26. The lowest BCUT2D eigenvalue weighted by Gasteiger charge is -2.06. The van der Waals surface area contributed by atoms with Crippen molar-refractivity contribution in [3.63, 3.8) is 0 Å². The molecule has 1 aromatic heterocycles. The van der Waals surface area contributed by atoms with E-state index < -0.39 is 0 Å². The molecule has 0 radical (unpaired) electrons. The standard InChI is InChI=1S/C12H13N3O2/c1-9-5-6-13-15(9)8-12(17)14-10-3-2-4-11(16)7-10/h2-7,16H,8H2,1H3,(H,14,17). The van der Waals surface area contributed by atoms with Crippen molar-refractivity contribution in [3.8, 4) is 5.75 Å². The van der Waals surface area contributed by atoms with Crippen molar-refractivity contribution in [1.82, 2.24) is 9.78 Å². The van der Waals surface area contributed by atoms with Crippen LogP contribution >= 0.6 is 0 Å². The number of phenols is 1. The molecule has 5 nitrogen and oxygen atoms in total. The van der Waals surface area contributed by atoms with Crippen LogP contribution in [0.5, 0.6) is 5.75 Å². The molecule has 0 atom stereocenters. The quantitative estimate of drug-likeness (QED) is 0.841. The number of aryl methyl sites for hydroxylation is 1. The highest BCUT2D eigenvalue weighted by Gasteiger charge is 2.05. The van der Waals surface area contributed by atoms with Crippen LogP contribution in [-0.2, 0) is 11.3 Å². The molecule has 5 heteroatoms. The number of anilines is 1. The number of benzene rings is 1. The van der Waals surface area contributed by atoms with Crippen molar-refractivity contribution in [2.75, 3.05) is 5.32 Å². The maximum absolute atomic E-state index is 11.7. The minimum Gasteiger partial charge on any atom is -0.508 e. The summed E-state index contributed by atoms with van der Waals surface area (Å²) in [5.41, 5.74) is 1.50. The Balaban J connectivity index is 2.01. The number of aromatic hydroxyl groups is 1. The zero-order chi connectivity index (χ0) is 12.3. The van der Waals surface area contributed by atoms with Crippen molar-refractivity contribution >= 4 is 11.6 Å². The lowest BCUT2D eigenvalue weighted by atomic mass is 10.3. The fourth-order valence-electron chi connectivity index (χ4n) is 1.48. The predicted octanol–water partition coefficient (Wildman–Crippen LogP) is 1.54. The number of hydrogen-bond donors (Lipinski definition) is 2. The van der Waals surface area contributed by atoms with Crippen molar-refractivity contribution in [1.29, 1.82) is 0 Å². The van der Waals surface area contributed by atoms with Crippen molar-refractivity contribution in [2.45, 2.75) is 13.5 Å². The number of phenolic OH excluding ortho intramolecular Hbond substituents is 1. The van der Waals surface area contributed by atoms with Crippen LogP contribution in [0, 0.1) is 6.92 Å². The molecule has 0 aliphatic rings. The molecular weight excluding hydrogens is 218 g/mol. The first-order chi connectivity index (χ1) is 8.15. The van der Waals surface area contributed by atoms with Crippen LogP contribution in [0.4, 0.5) is 5.69 Å². The highest BCUT2D eigenvalue weighted by molar-refractivity contribution is 5.90. The van der Waals surface area contributed by atoms with Crippen molar-refractivity contribution < 1.29 is 9.90 Å². The molecule has 1 heterocycles. The number of nitrogens with zero attached hydrogens (tertiary/aromatic N) is 2. The van der Waals surface area contributed by atoms with Crippen LogP contribution in [0.15, 0.2) is 36.5 Å². The van der Waals surface area contributed by atoms with Crippen LogP contribution < -0.4 is 5.32 Å². The maximum atomic E-state index is 11.7. The first-order valence-corrected chi connectivity index (χ1v) is 5.22. The van der Waals surface area contributed by atoms with Gasteiger partial charge < -0.3 is 10.4 Å². The van der Waals surface area contributed by atoms with Crippen LogP contribution in [0.3, 0.4) is 0 Å². The molecule has 2 aromatic rings. The van der Waals surface area contributed by atoms with E-state index in [2.05, 4.69) is 10.4 Å². The number of amides is 1. The van der Waals surface area contributed by atoms with E-state index >= 15 is 0 Å². The Bertz CT molecular complexity index is 534. The molecule has 2 N–H and O–H groups in total. The third kappa shape index (κ3) is 2.84. The van der Waals surface area contributed by atoms with E-state index in [0.29, 0.717) is 5.69 Å². The molecule has 0 spiro atoms. The molecule has 0 aliphatic carbocycles. The Labute approximate surface area is 98.7 Å². The van der Waals surface area contributed by atoms with Gasteiger partial charge in [-0.15, -0.1) is 0 Å². The summed E-state index contributed by atoms with van der Waals surface area (Å²) >= 11 is 0. The molecule has 0 saturated heterocycles. The van der Waals surface area contributed by atoms with Gasteiger partial charge in [-0.2, -0.15) is 5.10 Å². The van der Waals surface area contributed by atoms with Gasteiger partial charge in [-0.1, -0.05) is 6.07 Å². The molecule has 0 fully saturated rings. The van der Waals surface area contributed by atoms with Gasteiger partial charge in [0.1, 0.15) is 12.3 Å². The lowest BCUT2D eigenvalue weighted by Crippen LogP contribution is -2.20. The lowest BCUT2D eigenvalue weighted by molar-refractivity contribution is -0.116. The number of carbonyl (C=O) groups excluding carboxylic acids is 1. The Hall–Kier alpha value is -2.30. The smallest absolute Gasteiger partial charge is 0.246 e. The average Bonchev–Trinajstić information content (AvgIpc) is 2.64. The molecule has 1 amide bonds. The molecule has 0 unspecified atom stereocenters. The molecule has 1 aromatic carbocycles. The van der Waals surface area contributed by atoms with E-state index in [0.717, 1.165) is 5.69 Å². The minimum absolute atomic E-state index is 0.123. The molecule has 0 aliphatic heterocycles. The summed E-state index contributed by atoms with van der Waals surface area (Å²) in [4.78, 5) is 11.7. The average molecular weight is 231 g/mol. The van der Waals surface area contributed by atoms with Crippen LogP contribution in [0.2, 0.25) is 0 Å². The second kappa shape index (κ2) is 4.69. The Morgan fingerprint density at radius 2 is 2.29 bits per heavy atom. The SMILES string of the molecule is Cc1ccnn1CC(=O)Nc1cccc(O)c1. The Morgan fingerprint density at radius 1 is 1.47 bits per heavy atom. The van der Waals surface area contributed by atoms with E-state index in [4.69, 9.17) is 0 Å². The minimum atomic E-state index is -0.178. The van der Waals surface area contributed by atoms with Gasteiger partial charge in [0.05, 0.1) is 0 Å². The fraction of sp³-hybridized carbons (Fsp3) is 0.167. The molecule has 88 valence electrons. The van der Waals surface area contributed by atoms with Crippen LogP contribution in [0.25, 0.3) is 0 Å². The number of rotatable bonds is 3. The summed E-state index contributed by atoms with van der Waals surface area (Å²) in [6.45, 7) is 2.04. The van der Waals surface area contributed by atoms with E-state index in [1.165, 1.54) is 6.07 Å². The van der Waals surface area contributed by atoms with Gasteiger partial charge in [0.25, 0.3) is 0 Å². The van der Waals surface area contributed by atoms with Crippen molar-refractivity contribution in [3.05, 3.63) is 42.2 Å². The van der Waals surface area contributed by atoms with E-state index in [-0.39, 0.29) is 18.2 Å². The summed E-state index contributed by atoms with van der Waals surface area (Å²) < 4.78 is 1.61. The van der Waals surface area contributed by atoms with Gasteiger partial charge in [-0.3, -0.25) is 9.48 Å². The second-order valence-electron chi connectivity index (χ2n) is 3.73. The third-order valence-corrected chi connectivity index (χ3v) is 2.35. The van der Waals surface area contributed by atoms with Gasteiger partial charge in [0.2, 0.25) is 5.91 Å². The Kier molecular flexibility index (Phi) is 3.09. The van der Waals surface area contributed by atoms with E-state index in [1.54, 1.807) is 29.1 Å². The third-order valence-electron chi connectivity index (χ3n) is 2.35. The van der Waals surface area contributed by atoms with Crippen LogP contribution in [-0.4, -0.2) is 20.8 Å². The summed E-state index contributed by atoms with van der Waals surface area (Å²) in [5, 5.41) is 16.0. The van der Waals surface area contributed by atoms with E-state index in [1.807, 2.05) is 13.0 Å². The largest absolute Gasteiger partial charge is 0.508 e. The second-order valence-corrected chi connectivity index (χ2v) is 3.73. The topological polar surface area (TPSA) is 67.2 Å². The number of nitrogens with one attached hydrogen (secondary N) is 1.